The molecule has 6 nitrogen and oxygen atoms in total. The fourth-order valence-corrected chi connectivity index (χ4v) is 3.65. The molecule has 2 aliphatic heterocycles. The van der Waals surface area contributed by atoms with Crippen molar-refractivity contribution in [2.24, 2.45) is 0 Å². The summed E-state index contributed by atoms with van der Waals surface area (Å²) in [6.45, 7) is 6.06. The minimum atomic E-state index is 0.0940. The number of benzene rings is 1. The first-order chi connectivity index (χ1) is 11.7. The van der Waals surface area contributed by atoms with Gasteiger partial charge in [-0.05, 0) is 44.0 Å². The fourth-order valence-electron chi connectivity index (χ4n) is 3.65. The number of rotatable bonds is 4. The Morgan fingerprint density at radius 3 is 2.50 bits per heavy atom. The number of aromatic nitrogens is 3. The molecule has 1 aromatic heterocycles. The van der Waals surface area contributed by atoms with Crippen LogP contribution in [0.1, 0.15) is 42.6 Å². The topological polar surface area (TPSA) is 54.3 Å². The van der Waals surface area contributed by atoms with Gasteiger partial charge in [-0.15, -0.1) is 5.10 Å². The molecule has 0 radical (unpaired) electrons. The molecule has 2 aliphatic rings. The summed E-state index contributed by atoms with van der Waals surface area (Å²) in [6.07, 6.45) is 4.43. The van der Waals surface area contributed by atoms with E-state index in [0.29, 0.717) is 13.1 Å². The highest BCUT2D eigenvalue weighted by atomic mass is 16.2. The SMILES string of the molecule is CC(c1cn(CC(=O)N2Cc3ccccc3C2)nn1)N1CCCC1. The van der Waals surface area contributed by atoms with Crippen LogP contribution in [0.4, 0.5) is 0 Å². The van der Waals surface area contributed by atoms with Crippen LogP contribution in [0.5, 0.6) is 0 Å². The van der Waals surface area contributed by atoms with Gasteiger partial charge in [-0.25, -0.2) is 4.68 Å². The van der Waals surface area contributed by atoms with E-state index in [0.717, 1.165) is 18.8 Å². The summed E-state index contributed by atoms with van der Waals surface area (Å²) in [4.78, 5) is 16.9. The van der Waals surface area contributed by atoms with E-state index in [1.165, 1.54) is 24.0 Å². The van der Waals surface area contributed by atoms with Gasteiger partial charge in [-0.1, -0.05) is 29.5 Å². The van der Waals surface area contributed by atoms with Gasteiger partial charge < -0.3 is 4.90 Å². The molecule has 1 atom stereocenters. The number of likely N-dealkylation sites (tertiary alicyclic amines) is 1. The first kappa shape index (κ1) is 15.3. The Bertz CT molecular complexity index is 710. The van der Waals surface area contributed by atoms with Gasteiger partial charge in [0, 0.05) is 13.1 Å². The number of amides is 1. The van der Waals surface area contributed by atoms with Crippen molar-refractivity contribution in [2.75, 3.05) is 13.1 Å². The molecule has 126 valence electrons. The van der Waals surface area contributed by atoms with Crippen LogP contribution in [0.3, 0.4) is 0 Å². The third-order valence-electron chi connectivity index (χ3n) is 5.16. The molecule has 1 amide bonds. The number of carbonyl (C=O) groups excluding carboxylic acids is 1. The summed E-state index contributed by atoms with van der Waals surface area (Å²) in [5.74, 6) is 0.0940. The number of hydrogen-bond donors (Lipinski definition) is 0. The molecule has 3 heterocycles. The van der Waals surface area contributed by atoms with Crippen LogP contribution in [0.2, 0.25) is 0 Å². The molecule has 0 N–H and O–H groups in total. The van der Waals surface area contributed by atoms with Gasteiger partial charge >= 0.3 is 0 Å². The molecule has 2 aromatic rings. The summed E-state index contributed by atoms with van der Waals surface area (Å²) in [5, 5.41) is 8.44. The third kappa shape index (κ3) is 2.94. The second-order valence-electron chi connectivity index (χ2n) is 6.78. The summed E-state index contributed by atoms with van der Waals surface area (Å²) < 4.78 is 1.67. The van der Waals surface area contributed by atoms with E-state index in [9.17, 15) is 4.79 Å². The highest BCUT2D eigenvalue weighted by molar-refractivity contribution is 5.76. The van der Waals surface area contributed by atoms with Gasteiger partial charge in [0.2, 0.25) is 5.91 Å². The highest BCUT2D eigenvalue weighted by Crippen LogP contribution is 2.24. The van der Waals surface area contributed by atoms with Gasteiger partial charge in [0.1, 0.15) is 6.54 Å². The van der Waals surface area contributed by atoms with Crippen molar-refractivity contribution < 1.29 is 4.79 Å². The smallest absolute Gasteiger partial charge is 0.244 e. The molecule has 0 aliphatic carbocycles. The summed E-state index contributed by atoms with van der Waals surface area (Å²) >= 11 is 0. The molecule has 4 rings (SSSR count). The molecule has 0 saturated carbocycles. The minimum absolute atomic E-state index is 0.0940. The van der Waals surface area contributed by atoms with E-state index in [1.54, 1.807) is 4.68 Å². The molecular weight excluding hydrogens is 302 g/mol. The zero-order valence-corrected chi connectivity index (χ0v) is 14.1. The van der Waals surface area contributed by atoms with Gasteiger partial charge in [-0.3, -0.25) is 9.69 Å². The Balaban J connectivity index is 1.38. The maximum atomic E-state index is 12.5. The molecule has 24 heavy (non-hydrogen) atoms. The van der Waals surface area contributed by atoms with Crippen molar-refractivity contribution in [1.82, 2.24) is 24.8 Å². The van der Waals surface area contributed by atoms with Crippen molar-refractivity contribution in [2.45, 2.75) is 45.4 Å². The van der Waals surface area contributed by atoms with E-state index in [4.69, 9.17) is 0 Å². The van der Waals surface area contributed by atoms with Gasteiger partial charge in [0.05, 0.1) is 17.9 Å². The zero-order chi connectivity index (χ0) is 16.5. The van der Waals surface area contributed by atoms with Crippen LogP contribution in [-0.4, -0.2) is 43.8 Å². The quantitative estimate of drug-likeness (QED) is 0.862. The van der Waals surface area contributed by atoms with E-state index >= 15 is 0 Å². The summed E-state index contributed by atoms with van der Waals surface area (Å²) in [5.41, 5.74) is 3.44. The lowest BCUT2D eigenvalue weighted by Gasteiger charge is -2.21. The molecule has 6 heteroatoms. The Labute approximate surface area is 142 Å². The fraction of sp³-hybridized carbons (Fsp3) is 0.500. The molecule has 1 saturated heterocycles. The van der Waals surface area contributed by atoms with Gasteiger partial charge in [0.25, 0.3) is 0 Å². The van der Waals surface area contributed by atoms with Crippen molar-refractivity contribution in [3.05, 3.63) is 47.3 Å². The summed E-state index contributed by atoms with van der Waals surface area (Å²) in [7, 11) is 0. The van der Waals surface area contributed by atoms with Crippen LogP contribution in [0, 0.1) is 0 Å². The van der Waals surface area contributed by atoms with E-state index in [2.05, 4.69) is 34.3 Å². The Morgan fingerprint density at radius 2 is 1.83 bits per heavy atom. The van der Waals surface area contributed by atoms with Crippen LogP contribution in [-0.2, 0) is 24.4 Å². The second kappa shape index (κ2) is 6.36. The van der Waals surface area contributed by atoms with E-state index in [-0.39, 0.29) is 18.5 Å². The van der Waals surface area contributed by atoms with Gasteiger partial charge in [-0.2, -0.15) is 0 Å². The zero-order valence-electron chi connectivity index (χ0n) is 14.1. The Hall–Kier alpha value is -2.21. The summed E-state index contributed by atoms with van der Waals surface area (Å²) in [6, 6.07) is 8.50. The maximum absolute atomic E-state index is 12.5. The average molecular weight is 325 g/mol. The van der Waals surface area contributed by atoms with Crippen molar-refractivity contribution in [3.8, 4) is 0 Å². The molecule has 1 unspecified atom stereocenters. The second-order valence-corrected chi connectivity index (χ2v) is 6.78. The van der Waals surface area contributed by atoms with Gasteiger partial charge in [0.15, 0.2) is 0 Å². The first-order valence-electron chi connectivity index (χ1n) is 8.69. The molecular formula is C18H23N5O. The highest BCUT2D eigenvalue weighted by Gasteiger charge is 2.25. The maximum Gasteiger partial charge on any atom is 0.244 e. The van der Waals surface area contributed by atoms with Crippen LogP contribution >= 0.6 is 0 Å². The predicted octanol–water partition coefficient (Wildman–Crippen LogP) is 1.98. The van der Waals surface area contributed by atoms with E-state index in [1.807, 2.05) is 23.2 Å². The Kier molecular flexibility index (Phi) is 4.06. The molecule has 1 fully saturated rings. The third-order valence-corrected chi connectivity index (χ3v) is 5.16. The average Bonchev–Trinajstić information content (AvgIpc) is 3.33. The lowest BCUT2D eigenvalue weighted by Crippen LogP contribution is -2.29. The molecule has 0 bridgehead atoms. The van der Waals surface area contributed by atoms with E-state index < -0.39 is 0 Å². The van der Waals surface area contributed by atoms with Crippen LogP contribution in [0.15, 0.2) is 30.5 Å². The number of hydrogen-bond acceptors (Lipinski definition) is 4. The number of fused-ring (bicyclic) bond motifs is 1. The normalized spacial score (nSPS) is 18.8. The number of carbonyl (C=O) groups is 1. The lowest BCUT2D eigenvalue weighted by molar-refractivity contribution is -0.132. The standard InChI is InChI=1S/C18H23N5O/c1-14(21-8-4-5-9-21)17-12-23(20-19-17)13-18(24)22-10-15-6-2-3-7-16(15)11-22/h2-3,6-7,12,14H,4-5,8-11,13H2,1H3. The molecule has 1 aromatic carbocycles. The predicted molar refractivity (Wildman–Crippen MR) is 89.9 cm³/mol. The van der Waals surface area contributed by atoms with Crippen LogP contribution in [0.25, 0.3) is 0 Å². The monoisotopic (exact) mass is 325 g/mol. The van der Waals surface area contributed by atoms with Crippen molar-refractivity contribution in [1.29, 1.82) is 0 Å². The Morgan fingerprint density at radius 1 is 1.17 bits per heavy atom. The van der Waals surface area contributed by atoms with Crippen molar-refractivity contribution >= 4 is 5.91 Å². The largest absolute Gasteiger partial charge is 0.332 e. The van der Waals surface area contributed by atoms with Crippen LogP contribution < -0.4 is 0 Å². The molecule has 0 spiro atoms. The lowest BCUT2D eigenvalue weighted by atomic mass is 10.1. The minimum Gasteiger partial charge on any atom is -0.332 e. The number of nitrogens with zero attached hydrogens (tertiary/aromatic N) is 5. The first-order valence-corrected chi connectivity index (χ1v) is 8.69. The van der Waals surface area contributed by atoms with Crippen molar-refractivity contribution in [3.63, 3.8) is 0 Å².